The number of benzene rings is 2. The normalized spacial score (nSPS) is 10.3. The molecule has 4 nitrogen and oxygen atoms in total. The van der Waals surface area contributed by atoms with Crippen LogP contribution in [0.4, 0.5) is 0 Å². The Morgan fingerprint density at radius 1 is 0.545 bits per heavy atom. The van der Waals surface area contributed by atoms with Gasteiger partial charge in [0, 0.05) is 12.4 Å². The Balaban J connectivity index is 0.000000131. The molecule has 108 valence electrons. The fourth-order valence-electron chi connectivity index (χ4n) is 2.10. The first-order valence-corrected chi connectivity index (χ1v) is 7.09. The fraction of sp³-hybridized carbons (Fsp3) is 0.111. The van der Waals surface area contributed by atoms with Gasteiger partial charge in [0.2, 0.25) is 0 Å². The molecule has 0 saturated heterocycles. The quantitative estimate of drug-likeness (QED) is 0.493. The predicted molar refractivity (Wildman–Crippen MR) is 88.6 cm³/mol. The van der Waals surface area contributed by atoms with Crippen molar-refractivity contribution in [3.05, 3.63) is 72.3 Å². The Labute approximate surface area is 128 Å². The summed E-state index contributed by atoms with van der Waals surface area (Å²) in [4.78, 5) is 17.1. The topological polar surface area (TPSA) is 51.6 Å². The van der Waals surface area contributed by atoms with Gasteiger partial charge in [-0.25, -0.2) is 9.97 Å². The molecule has 2 aromatic heterocycles. The number of hydrogen-bond donors (Lipinski definition) is 0. The third-order valence-corrected chi connectivity index (χ3v) is 3.14. The zero-order chi connectivity index (χ0) is 15.4. The molecule has 0 unspecified atom stereocenters. The number of rotatable bonds is 0. The van der Waals surface area contributed by atoms with Crippen LogP contribution in [0.25, 0.3) is 22.1 Å². The molecule has 2 aromatic carbocycles. The van der Waals surface area contributed by atoms with Crippen molar-refractivity contribution < 1.29 is 0 Å². The zero-order valence-electron chi connectivity index (χ0n) is 12.6. The summed E-state index contributed by atoms with van der Waals surface area (Å²) in [5.74, 6) is 0. The Morgan fingerprint density at radius 3 is 1.32 bits per heavy atom. The minimum Gasteiger partial charge on any atom is -0.253 e. The molecular weight excluding hydrogens is 272 g/mol. The molecule has 0 aliphatic heterocycles. The maximum absolute atomic E-state index is 4.31. The highest BCUT2D eigenvalue weighted by molar-refractivity contribution is 5.74. The summed E-state index contributed by atoms with van der Waals surface area (Å²) >= 11 is 0. The monoisotopic (exact) mass is 288 g/mol. The highest BCUT2D eigenvalue weighted by Crippen LogP contribution is 2.07. The minimum atomic E-state index is 0.957. The first-order chi connectivity index (χ1) is 10.7. The van der Waals surface area contributed by atoms with Gasteiger partial charge in [-0.1, -0.05) is 24.3 Å². The molecule has 4 rings (SSSR count). The van der Waals surface area contributed by atoms with Crippen molar-refractivity contribution in [2.45, 2.75) is 13.8 Å². The molecule has 0 aliphatic carbocycles. The highest BCUT2D eigenvalue weighted by atomic mass is 14.8. The van der Waals surface area contributed by atoms with E-state index in [0.717, 1.165) is 33.5 Å². The van der Waals surface area contributed by atoms with Crippen molar-refractivity contribution in [3.63, 3.8) is 0 Å². The molecule has 0 N–H and O–H groups in total. The van der Waals surface area contributed by atoms with Crippen LogP contribution in [0.3, 0.4) is 0 Å². The second-order valence-corrected chi connectivity index (χ2v) is 5.00. The van der Waals surface area contributed by atoms with E-state index in [1.165, 1.54) is 0 Å². The van der Waals surface area contributed by atoms with Gasteiger partial charge in [0.1, 0.15) is 0 Å². The van der Waals surface area contributed by atoms with Crippen molar-refractivity contribution in [3.8, 4) is 0 Å². The molecule has 4 heteroatoms. The Bertz CT molecular complexity index is 841. The molecule has 0 bridgehead atoms. The molecule has 2 heterocycles. The third kappa shape index (κ3) is 3.23. The molecule has 0 spiro atoms. The minimum absolute atomic E-state index is 0.957. The van der Waals surface area contributed by atoms with E-state index in [1.807, 2.05) is 62.4 Å². The Kier molecular flexibility index (Phi) is 4.01. The van der Waals surface area contributed by atoms with Crippen molar-refractivity contribution in [2.24, 2.45) is 0 Å². The van der Waals surface area contributed by atoms with Gasteiger partial charge in [0.05, 0.1) is 33.5 Å². The van der Waals surface area contributed by atoms with Crippen LogP contribution in [0.1, 0.15) is 11.4 Å². The third-order valence-electron chi connectivity index (χ3n) is 3.14. The van der Waals surface area contributed by atoms with E-state index in [0.29, 0.717) is 0 Å². The molecule has 0 aliphatic rings. The molecule has 0 amide bonds. The fourth-order valence-corrected chi connectivity index (χ4v) is 2.10. The Morgan fingerprint density at radius 2 is 0.909 bits per heavy atom. The summed E-state index contributed by atoms with van der Waals surface area (Å²) in [5, 5.41) is 0. The maximum atomic E-state index is 4.31. The van der Waals surface area contributed by atoms with E-state index in [-0.39, 0.29) is 0 Å². The average Bonchev–Trinajstić information content (AvgIpc) is 2.55. The summed E-state index contributed by atoms with van der Waals surface area (Å²) in [6.45, 7) is 3.89. The molecule has 0 saturated carbocycles. The van der Waals surface area contributed by atoms with Crippen LogP contribution in [0, 0.1) is 13.8 Å². The van der Waals surface area contributed by atoms with Crippen LogP contribution in [-0.2, 0) is 0 Å². The first kappa shape index (κ1) is 14.1. The molecule has 0 fully saturated rings. The van der Waals surface area contributed by atoms with Crippen LogP contribution in [0.2, 0.25) is 0 Å². The predicted octanol–water partition coefficient (Wildman–Crippen LogP) is 3.88. The lowest BCUT2D eigenvalue weighted by Crippen LogP contribution is -1.85. The van der Waals surface area contributed by atoms with Crippen LogP contribution in [-0.4, -0.2) is 19.9 Å². The van der Waals surface area contributed by atoms with Gasteiger partial charge in [-0.3, -0.25) is 9.97 Å². The number of nitrogens with zero attached hydrogens (tertiary/aromatic N) is 4. The van der Waals surface area contributed by atoms with Crippen molar-refractivity contribution in [1.29, 1.82) is 0 Å². The lowest BCUT2D eigenvalue weighted by atomic mass is 10.3. The van der Waals surface area contributed by atoms with Gasteiger partial charge in [-0.05, 0) is 38.1 Å². The number of aryl methyl sites for hydroxylation is 2. The lowest BCUT2D eigenvalue weighted by molar-refractivity contribution is 1.18. The van der Waals surface area contributed by atoms with Gasteiger partial charge in [-0.15, -0.1) is 0 Å². The van der Waals surface area contributed by atoms with E-state index in [1.54, 1.807) is 12.4 Å². The number of aromatic nitrogens is 4. The van der Waals surface area contributed by atoms with Gasteiger partial charge in [0.15, 0.2) is 0 Å². The van der Waals surface area contributed by atoms with Gasteiger partial charge < -0.3 is 0 Å². The second kappa shape index (κ2) is 6.26. The van der Waals surface area contributed by atoms with Crippen LogP contribution in [0.5, 0.6) is 0 Å². The van der Waals surface area contributed by atoms with E-state index < -0.39 is 0 Å². The molecule has 0 radical (unpaired) electrons. The number of para-hydroxylation sites is 4. The SMILES string of the molecule is Cc1cnc2ccccc2n1.Cc1cnc2ccccc2n1. The summed E-state index contributed by atoms with van der Waals surface area (Å²) in [6, 6.07) is 15.7. The summed E-state index contributed by atoms with van der Waals surface area (Å²) in [7, 11) is 0. The van der Waals surface area contributed by atoms with Gasteiger partial charge in [-0.2, -0.15) is 0 Å². The molecule has 22 heavy (non-hydrogen) atoms. The standard InChI is InChI=1S/2C9H8N2/c2*1-7-6-10-8-4-2-3-5-9(8)11-7/h2*2-6H,1H3. The second-order valence-electron chi connectivity index (χ2n) is 5.00. The molecule has 4 aromatic rings. The van der Waals surface area contributed by atoms with E-state index >= 15 is 0 Å². The number of hydrogen-bond acceptors (Lipinski definition) is 4. The van der Waals surface area contributed by atoms with Crippen molar-refractivity contribution >= 4 is 22.1 Å². The molecular formula is C18H16N4. The first-order valence-electron chi connectivity index (χ1n) is 7.09. The van der Waals surface area contributed by atoms with E-state index in [9.17, 15) is 0 Å². The van der Waals surface area contributed by atoms with Crippen molar-refractivity contribution in [1.82, 2.24) is 19.9 Å². The number of fused-ring (bicyclic) bond motifs is 2. The lowest BCUT2D eigenvalue weighted by Gasteiger charge is -1.95. The van der Waals surface area contributed by atoms with E-state index in [2.05, 4.69) is 19.9 Å². The molecule has 0 atom stereocenters. The maximum Gasteiger partial charge on any atom is 0.0889 e. The largest absolute Gasteiger partial charge is 0.253 e. The van der Waals surface area contributed by atoms with Gasteiger partial charge in [0.25, 0.3) is 0 Å². The summed E-state index contributed by atoms with van der Waals surface area (Å²) in [6.07, 6.45) is 3.56. The van der Waals surface area contributed by atoms with E-state index in [4.69, 9.17) is 0 Å². The van der Waals surface area contributed by atoms with Crippen LogP contribution in [0.15, 0.2) is 60.9 Å². The summed E-state index contributed by atoms with van der Waals surface area (Å²) in [5.41, 5.74) is 5.77. The Hall–Kier alpha value is -2.88. The average molecular weight is 288 g/mol. The zero-order valence-corrected chi connectivity index (χ0v) is 12.6. The summed E-state index contributed by atoms with van der Waals surface area (Å²) < 4.78 is 0. The van der Waals surface area contributed by atoms with Crippen LogP contribution < -0.4 is 0 Å². The van der Waals surface area contributed by atoms with Crippen LogP contribution >= 0.6 is 0 Å². The smallest absolute Gasteiger partial charge is 0.0889 e. The highest BCUT2D eigenvalue weighted by Gasteiger charge is 1.93. The van der Waals surface area contributed by atoms with Gasteiger partial charge >= 0.3 is 0 Å². The van der Waals surface area contributed by atoms with Crippen molar-refractivity contribution in [2.75, 3.05) is 0 Å².